The Balaban J connectivity index is 2.25. The van der Waals surface area contributed by atoms with E-state index in [4.69, 9.17) is 17.3 Å². The molecule has 1 aliphatic rings. The van der Waals surface area contributed by atoms with Crippen molar-refractivity contribution in [2.24, 2.45) is 5.73 Å². The number of rotatable bonds is 4. The first-order valence-electron chi connectivity index (χ1n) is 9.79. The van der Waals surface area contributed by atoms with Gasteiger partial charge in [-0.05, 0) is 47.9 Å². The number of halogens is 10. The van der Waals surface area contributed by atoms with E-state index in [1.54, 1.807) is 0 Å². The molecule has 34 heavy (non-hydrogen) atoms. The van der Waals surface area contributed by atoms with Gasteiger partial charge in [-0.1, -0.05) is 17.7 Å². The van der Waals surface area contributed by atoms with E-state index in [2.05, 4.69) is 0 Å². The van der Waals surface area contributed by atoms with E-state index >= 15 is 0 Å². The fourth-order valence-corrected chi connectivity index (χ4v) is 4.62. The SMILES string of the molecule is NCc1ccc(N2CCC(c3cc(C(F)(F)F)cc(C(F)(F)F)c3)(C(F)(F)F)C2CO)cc1Cl. The Labute approximate surface area is 192 Å². The summed E-state index contributed by atoms with van der Waals surface area (Å²) in [5.41, 5.74) is -2.10. The molecule has 1 fully saturated rings. The molecule has 0 spiro atoms. The quantitative estimate of drug-likeness (QED) is 0.493. The van der Waals surface area contributed by atoms with Gasteiger partial charge in [0.15, 0.2) is 0 Å². The van der Waals surface area contributed by atoms with Crippen molar-refractivity contribution in [1.82, 2.24) is 0 Å². The number of anilines is 1. The zero-order valence-corrected chi connectivity index (χ0v) is 17.9. The van der Waals surface area contributed by atoms with Crippen LogP contribution in [0.25, 0.3) is 0 Å². The molecule has 3 N–H and O–H groups in total. The van der Waals surface area contributed by atoms with Crippen LogP contribution in [0.3, 0.4) is 0 Å². The summed E-state index contributed by atoms with van der Waals surface area (Å²) in [7, 11) is 0. The smallest absolute Gasteiger partial charge is 0.394 e. The molecule has 3 rings (SSSR count). The van der Waals surface area contributed by atoms with Crippen molar-refractivity contribution >= 4 is 17.3 Å². The molecule has 1 saturated heterocycles. The molecule has 2 atom stereocenters. The normalized spacial score (nSPS) is 21.9. The first kappa shape index (κ1) is 26.4. The van der Waals surface area contributed by atoms with Crippen molar-refractivity contribution < 1.29 is 44.6 Å². The second kappa shape index (κ2) is 8.80. The molecular weight excluding hydrogens is 503 g/mol. The summed E-state index contributed by atoms with van der Waals surface area (Å²) in [6, 6.07) is 2.07. The van der Waals surface area contributed by atoms with Gasteiger partial charge in [-0.2, -0.15) is 39.5 Å². The van der Waals surface area contributed by atoms with Crippen LogP contribution in [0.4, 0.5) is 45.2 Å². The second-order valence-electron chi connectivity index (χ2n) is 7.89. The molecule has 2 unspecified atom stereocenters. The third-order valence-electron chi connectivity index (χ3n) is 6.06. The van der Waals surface area contributed by atoms with Gasteiger partial charge in [0, 0.05) is 23.8 Å². The Bertz CT molecular complexity index is 1020. The maximum atomic E-state index is 14.5. The molecule has 0 amide bonds. The lowest BCUT2D eigenvalue weighted by molar-refractivity contribution is -0.195. The van der Waals surface area contributed by atoms with Gasteiger partial charge in [0.2, 0.25) is 0 Å². The summed E-state index contributed by atoms with van der Waals surface area (Å²) >= 11 is 6.08. The molecule has 3 nitrogen and oxygen atoms in total. The van der Waals surface area contributed by atoms with E-state index in [9.17, 15) is 44.6 Å². The summed E-state index contributed by atoms with van der Waals surface area (Å²) in [6.07, 6.45) is -16.9. The number of hydrogen-bond donors (Lipinski definition) is 2. The number of nitrogens with zero attached hydrogens (tertiary/aromatic N) is 1. The largest absolute Gasteiger partial charge is 0.416 e. The van der Waals surface area contributed by atoms with Crippen LogP contribution >= 0.6 is 11.6 Å². The van der Waals surface area contributed by atoms with Crippen LogP contribution in [0, 0.1) is 0 Å². The van der Waals surface area contributed by atoms with Gasteiger partial charge in [0.1, 0.15) is 5.41 Å². The standard InChI is InChI=1S/C21H18ClF9N2O/c22-16-8-15(2-1-11(16)9-32)33-4-3-18(17(33)10-34,21(29,30)31)12-5-13(19(23,24)25)7-14(6-12)20(26,27)28/h1-2,5-8,17,34H,3-4,9-10,32H2. The lowest BCUT2D eigenvalue weighted by atomic mass is 9.72. The van der Waals surface area contributed by atoms with Gasteiger partial charge in [-0.25, -0.2) is 0 Å². The third kappa shape index (κ3) is 4.55. The summed E-state index contributed by atoms with van der Waals surface area (Å²) in [5, 5.41) is 10.1. The molecule has 1 aliphatic heterocycles. The zero-order valence-electron chi connectivity index (χ0n) is 17.1. The number of hydrogen-bond acceptors (Lipinski definition) is 3. The highest BCUT2D eigenvalue weighted by Gasteiger charge is 2.65. The predicted octanol–water partition coefficient (Wildman–Crippen LogP) is 5.91. The highest BCUT2D eigenvalue weighted by Crippen LogP contribution is 2.54. The Kier molecular flexibility index (Phi) is 6.84. The lowest BCUT2D eigenvalue weighted by Crippen LogP contribution is -2.54. The summed E-state index contributed by atoms with van der Waals surface area (Å²) in [6.45, 7) is -1.59. The minimum atomic E-state index is -5.33. The van der Waals surface area contributed by atoms with Gasteiger partial charge in [0.25, 0.3) is 0 Å². The molecular formula is C21H18ClF9N2O. The van der Waals surface area contributed by atoms with E-state index in [0.717, 1.165) is 4.90 Å². The lowest BCUT2D eigenvalue weighted by Gasteiger charge is -2.40. The number of nitrogens with two attached hydrogens (primary N) is 1. The summed E-state index contributed by atoms with van der Waals surface area (Å²) in [5.74, 6) is 0. The van der Waals surface area contributed by atoms with E-state index in [-0.39, 0.29) is 35.5 Å². The van der Waals surface area contributed by atoms with Gasteiger partial charge in [-0.3, -0.25) is 0 Å². The van der Waals surface area contributed by atoms with Crippen LogP contribution < -0.4 is 10.6 Å². The van der Waals surface area contributed by atoms with E-state index in [0.29, 0.717) is 5.56 Å². The number of benzene rings is 2. The van der Waals surface area contributed by atoms with Crippen molar-refractivity contribution in [2.75, 3.05) is 18.1 Å². The van der Waals surface area contributed by atoms with Gasteiger partial charge < -0.3 is 15.7 Å². The molecule has 0 aromatic heterocycles. The van der Waals surface area contributed by atoms with Crippen LogP contribution in [0.1, 0.15) is 28.7 Å². The fourth-order valence-electron chi connectivity index (χ4n) is 4.37. The maximum absolute atomic E-state index is 14.5. The van der Waals surface area contributed by atoms with Crippen LogP contribution in [0.2, 0.25) is 5.02 Å². The van der Waals surface area contributed by atoms with Gasteiger partial charge >= 0.3 is 18.5 Å². The van der Waals surface area contributed by atoms with E-state index < -0.39 is 66.2 Å². The molecule has 2 aromatic rings. The number of alkyl halides is 9. The van der Waals surface area contributed by atoms with Gasteiger partial charge in [-0.15, -0.1) is 0 Å². The molecule has 0 aliphatic carbocycles. The minimum absolute atomic E-state index is 0.0273. The Hall–Kier alpha value is -2.18. The van der Waals surface area contributed by atoms with Crippen LogP contribution in [0.5, 0.6) is 0 Å². The molecule has 188 valence electrons. The minimum Gasteiger partial charge on any atom is -0.394 e. The average Bonchev–Trinajstić information content (AvgIpc) is 3.12. The maximum Gasteiger partial charge on any atom is 0.416 e. The topological polar surface area (TPSA) is 49.5 Å². The van der Waals surface area contributed by atoms with E-state index in [1.807, 2.05) is 0 Å². The Morgan fingerprint density at radius 1 is 0.941 bits per heavy atom. The monoisotopic (exact) mass is 520 g/mol. The number of aliphatic hydroxyl groups excluding tert-OH is 1. The molecule has 13 heteroatoms. The first-order chi connectivity index (χ1) is 15.6. The number of aliphatic hydroxyl groups is 1. The highest BCUT2D eigenvalue weighted by molar-refractivity contribution is 6.31. The molecule has 0 radical (unpaired) electrons. The Morgan fingerprint density at radius 3 is 1.91 bits per heavy atom. The fraction of sp³-hybridized carbons (Fsp3) is 0.429. The molecule has 0 bridgehead atoms. The highest BCUT2D eigenvalue weighted by atomic mass is 35.5. The molecule has 2 aromatic carbocycles. The van der Waals surface area contributed by atoms with Crippen molar-refractivity contribution in [2.45, 2.75) is 43.0 Å². The predicted molar refractivity (Wildman–Crippen MR) is 106 cm³/mol. The molecule has 1 heterocycles. The van der Waals surface area contributed by atoms with Crippen LogP contribution in [0.15, 0.2) is 36.4 Å². The molecule has 0 saturated carbocycles. The second-order valence-corrected chi connectivity index (χ2v) is 8.29. The van der Waals surface area contributed by atoms with Crippen LogP contribution in [-0.4, -0.2) is 30.5 Å². The van der Waals surface area contributed by atoms with E-state index in [1.165, 1.54) is 18.2 Å². The zero-order chi connectivity index (χ0) is 25.7. The third-order valence-corrected chi connectivity index (χ3v) is 6.41. The van der Waals surface area contributed by atoms with Crippen LogP contribution in [-0.2, 0) is 24.3 Å². The van der Waals surface area contributed by atoms with Crippen molar-refractivity contribution in [1.29, 1.82) is 0 Å². The van der Waals surface area contributed by atoms with Crippen molar-refractivity contribution in [3.63, 3.8) is 0 Å². The van der Waals surface area contributed by atoms with Crippen molar-refractivity contribution in [3.8, 4) is 0 Å². The van der Waals surface area contributed by atoms with Gasteiger partial charge in [0.05, 0.1) is 23.8 Å². The summed E-state index contributed by atoms with van der Waals surface area (Å²) < 4.78 is 124. The summed E-state index contributed by atoms with van der Waals surface area (Å²) in [4.78, 5) is 1.08. The average molecular weight is 521 g/mol. The Morgan fingerprint density at radius 2 is 1.50 bits per heavy atom. The van der Waals surface area contributed by atoms with Crippen molar-refractivity contribution in [3.05, 3.63) is 63.7 Å². The first-order valence-corrected chi connectivity index (χ1v) is 10.2.